The van der Waals surface area contributed by atoms with Gasteiger partial charge in [-0.25, -0.2) is 9.59 Å². The molecule has 29 heteroatoms. The van der Waals surface area contributed by atoms with E-state index in [0.717, 1.165) is 51.4 Å². The van der Waals surface area contributed by atoms with Crippen molar-refractivity contribution in [2.75, 3.05) is 79.0 Å². The van der Waals surface area contributed by atoms with Crippen LogP contribution in [0.15, 0.2) is 0 Å². The lowest BCUT2D eigenvalue weighted by molar-refractivity contribution is -0.143. The highest BCUT2D eigenvalue weighted by Gasteiger charge is 2.25. The van der Waals surface area contributed by atoms with Crippen molar-refractivity contribution in [3.8, 4) is 0 Å². The normalized spacial score (nSPS) is 11.5. The minimum atomic E-state index is -1.40. The summed E-state index contributed by atoms with van der Waals surface area (Å²) in [5.41, 5.74) is 5.67. The van der Waals surface area contributed by atoms with Gasteiger partial charge in [-0.1, -0.05) is 145 Å². The Morgan fingerprint density at radius 1 is 0.411 bits per heavy atom. The number of carboxylic acid groups (broad SMARTS) is 4. The molecule has 0 fully saturated rings. The van der Waals surface area contributed by atoms with E-state index in [1.807, 2.05) is 55.4 Å². The van der Waals surface area contributed by atoms with Crippen molar-refractivity contribution in [2.45, 2.75) is 267 Å². The summed E-state index contributed by atoms with van der Waals surface area (Å²) in [6, 6.07) is -3.38. The van der Waals surface area contributed by atoms with Crippen LogP contribution in [0.1, 0.15) is 243 Å². The Bertz CT molecular complexity index is 1960. The summed E-state index contributed by atoms with van der Waals surface area (Å²) in [6.07, 6.45) is 19.0. The number of ether oxygens (including phenoxy) is 4. The third kappa shape index (κ3) is 76.8. The van der Waals surface area contributed by atoms with Gasteiger partial charge in [-0.05, 0) is 71.1 Å². The molecule has 0 aromatic heterocycles. The van der Waals surface area contributed by atoms with Gasteiger partial charge in [0.2, 0.25) is 35.4 Å². The standard InChI is InChI=1S/C53H95N7O17.C6H12BNO.3C2H6.CH2O2/c1-41(61)42(54)21-18-19-29-56-49(66)39-76-37-36-75-34-32-58-50(67)40-77-38-35-74-33-31-57-45(62)23-20-30-55-46(63)27-25-43(52(70)71)60-48(65)28-26-44(53(72)73)59-47(64)22-16-14-12-10-8-6-4-2-3-5-7-9-11-13-15-17-24-51(68)69;1-4(2)6(8-7)5(3)9;3*1-2;2-1-3/h42-44H,2-40,54H2,1H3,(H,55,63)(H,56,66)(H,57,62)(H,58,67)(H,59,64)(H,60,65)(H,68,69)(H,70,71)(H,72,73);4,6,8H,1-3H3;3*1-2H3;1H,(H,2,3)/t42?,43-,44?;;;;;/m0...../s1. The zero-order valence-electron chi connectivity index (χ0n) is 59.5. The van der Waals surface area contributed by atoms with Crippen LogP contribution in [0, 0.1) is 5.92 Å². The first-order valence-corrected chi connectivity index (χ1v) is 34.5. The molecule has 6 amide bonds. The van der Waals surface area contributed by atoms with Gasteiger partial charge in [0.25, 0.3) is 6.47 Å². The van der Waals surface area contributed by atoms with Crippen molar-refractivity contribution in [1.29, 1.82) is 0 Å². The number of ketones is 2. The molecule has 3 unspecified atom stereocenters. The van der Waals surface area contributed by atoms with E-state index in [1.54, 1.807) is 0 Å². The van der Waals surface area contributed by atoms with E-state index in [1.165, 1.54) is 65.2 Å². The third-order valence-electron chi connectivity index (χ3n) is 13.5. The van der Waals surface area contributed by atoms with Crippen LogP contribution in [0.4, 0.5) is 0 Å². The first kappa shape index (κ1) is 99.9. The Morgan fingerprint density at radius 2 is 0.737 bits per heavy atom. The first-order chi connectivity index (χ1) is 45.5. The number of Topliss-reactive ketones (excluding diaryl/α,β-unsaturated/α-hetero) is 2. The summed E-state index contributed by atoms with van der Waals surface area (Å²) < 4.78 is 21.3. The number of carboxylic acids is 3. The fourth-order valence-corrected chi connectivity index (χ4v) is 8.39. The zero-order chi connectivity index (χ0) is 73.3. The maximum Gasteiger partial charge on any atom is 0.326 e. The fourth-order valence-electron chi connectivity index (χ4n) is 8.39. The molecular formula is C66H127BN8O20. The van der Waals surface area contributed by atoms with Gasteiger partial charge in [0, 0.05) is 58.3 Å². The van der Waals surface area contributed by atoms with Crippen molar-refractivity contribution in [3.63, 3.8) is 0 Å². The number of amides is 6. The zero-order valence-corrected chi connectivity index (χ0v) is 59.5. The molecule has 95 heavy (non-hydrogen) atoms. The maximum atomic E-state index is 12.6. The van der Waals surface area contributed by atoms with Crippen molar-refractivity contribution < 1.29 is 96.9 Å². The monoisotopic (exact) mass is 1360 g/mol. The highest BCUT2D eigenvalue weighted by Crippen LogP contribution is 2.15. The van der Waals surface area contributed by atoms with Crippen LogP contribution in [-0.2, 0) is 76.5 Å². The molecule has 0 saturated carbocycles. The molecule has 0 aliphatic rings. The summed E-state index contributed by atoms with van der Waals surface area (Å²) in [5.74, 6) is -5.60. The summed E-state index contributed by atoms with van der Waals surface area (Å²) >= 11 is 0. The molecule has 13 N–H and O–H groups in total. The molecule has 0 bridgehead atoms. The second kappa shape index (κ2) is 76.9. The quantitative estimate of drug-likeness (QED) is 0.0182. The lowest BCUT2D eigenvalue weighted by atomic mass is 9.99. The second-order valence-corrected chi connectivity index (χ2v) is 21.7. The van der Waals surface area contributed by atoms with E-state index >= 15 is 0 Å². The number of aliphatic carboxylic acids is 3. The first-order valence-electron chi connectivity index (χ1n) is 34.5. The minimum Gasteiger partial charge on any atom is -0.483 e. The average Bonchev–Trinajstić information content (AvgIpc) is 2.25. The smallest absolute Gasteiger partial charge is 0.326 e. The average molecular weight is 1360 g/mol. The van der Waals surface area contributed by atoms with Gasteiger partial charge in [0.1, 0.15) is 36.9 Å². The Balaban J connectivity index is -0.000000972. The number of nitrogens with two attached hydrogens (primary N) is 1. The number of unbranched alkanes of at least 4 members (excludes halogenated alkanes) is 16. The minimum absolute atomic E-state index is 0.0540. The van der Waals surface area contributed by atoms with Crippen molar-refractivity contribution in [2.24, 2.45) is 11.7 Å². The lowest BCUT2D eigenvalue weighted by Crippen LogP contribution is -2.44. The summed E-state index contributed by atoms with van der Waals surface area (Å²) in [6.45, 7) is 20.7. The summed E-state index contributed by atoms with van der Waals surface area (Å²) in [5, 5.41) is 52.7. The molecular weight excluding hydrogens is 1240 g/mol. The summed E-state index contributed by atoms with van der Waals surface area (Å²) in [7, 11) is 5.10. The number of hydrogen-bond donors (Lipinski definition) is 12. The predicted molar refractivity (Wildman–Crippen MR) is 366 cm³/mol. The Morgan fingerprint density at radius 3 is 1.11 bits per heavy atom. The Kier molecular flexibility index (Phi) is 80.9. The van der Waals surface area contributed by atoms with Gasteiger partial charge in [0.15, 0.2) is 7.98 Å². The molecule has 28 nitrogen and oxygen atoms in total. The molecule has 0 aliphatic heterocycles. The van der Waals surface area contributed by atoms with E-state index in [9.17, 15) is 63.0 Å². The van der Waals surface area contributed by atoms with E-state index in [2.05, 4.69) is 37.1 Å². The highest BCUT2D eigenvalue weighted by molar-refractivity contribution is 6.06. The molecule has 0 spiro atoms. The second-order valence-electron chi connectivity index (χ2n) is 21.7. The molecule has 0 heterocycles. The number of rotatable bonds is 58. The van der Waals surface area contributed by atoms with Crippen molar-refractivity contribution in [3.05, 3.63) is 0 Å². The van der Waals surface area contributed by atoms with Crippen molar-refractivity contribution >= 4 is 79.4 Å². The van der Waals surface area contributed by atoms with E-state index in [4.69, 9.17) is 47.7 Å². The molecule has 0 saturated heterocycles. The van der Waals surface area contributed by atoms with Gasteiger partial charge in [0.05, 0.1) is 51.7 Å². The van der Waals surface area contributed by atoms with Crippen LogP contribution in [0.3, 0.4) is 0 Å². The molecule has 2 radical (unpaired) electrons. The molecule has 554 valence electrons. The topological polar surface area (TPSA) is 433 Å². The molecule has 0 rings (SSSR count). The van der Waals surface area contributed by atoms with Crippen LogP contribution in [0.2, 0.25) is 0 Å². The van der Waals surface area contributed by atoms with E-state index < -0.39 is 53.8 Å². The number of carbonyl (C=O) groups is 12. The molecule has 0 aliphatic carbocycles. The lowest BCUT2D eigenvalue weighted by Gasteiger charge is -2.17. The maximum absolute atomic E-state index is 12.6. The number of hydrogen-bond acceptors (Lipinski definition) is 18. The Labute approximate surface area is 568 Å². The largest absolute Gasteiger partial charge is 0.483 e. The van der Waals surface area contributed by atoms with E-state index in [-0.39, 0.29) is 165 Å². The van der Waals surface area contributed by atoms with Crippen LogP contribution in [0.25, 0.3) is 0 Å². The van der Waals surface area contributed by atoms with Crippen molar-refractivity contribution in [1.82, 2.24) is 37.1 Å². The van der Waals surface area contributed by atoms with Gasteiger partial charge in [-0.2, -0.15) is 0 Å². The van der Waals surface area contributed by atoms with Crippen LogP contribution in [-0.4, -0.2) is 203 Å². The molecule has 0 aromatic carbocycles. The van der Waals surface area contributed by atoms with Gasteiger partial charge < -0.3 is 82.2 Å². The number of carbonyl (C=O) groups excluding carboxylic acids is 8. The van der Waals surface area contributed by atoms with Crippen LogP contribution < -0.4 is 42.9 Å². The Hall–Kier alpha value is -6.14. The van der Waals surface area contributed by atoms with Crippen LogP contribution in [0.5, 0.6) is 0 Å². The third-order valence-corrected chi connectivity index (χ3v) is 13.5. The van der Waals surface area contributed by atoms with Gasteiger partial charge in [-0.3, -0.25) is 47.9 Å². The number of nitrogens with one attached hydrogen (secondary N) is 7. The molecule has 0 aromatic rings. The van der Waals surface area contributed by atoms with E-state index in [0.29, 0.717) is 32.2 Å². The highest BCUT2D eigenvalue weighted by atomic mass is 16.5. The van der Waals surface area contributed by atoms with Gasteiger partial charge in [-0.15, -0.1) is 0 Å². The summed E-state index contributed by atoms with van der Waals surface area (Å²) in [4.78, 5) is 138. The molecule has 4 atom stereocenters. The van der Waals surface area contributed by atoms with Gasteiger partial charge >= 0.3 is 17.9 Å². The SMILES string of the molecule is CC.CC.CC.CC(=O)C(N)CCCCNC(=O)COCCOCCNC(=O)COCCOCCNC(=O)CCCNC(=O)CC[C@H](NC(=O)CCC(NC(=O)CCCCCCCCCCCCCCCCCCC(=O)O)C(=O)O)C(=O)O.O=CO.[B]NC(C(C)=O)C(C)C. The predicted octanol–water partition coefficient (Wildman–Crippen LogP) is 6.24. The van der Waals surface area contributed by atoms with Crippen LogP contribution >= 0.6 is 0 Å². The fraction of sp³-hybridized carbons (Fsp3) is 0.818.